The number of aliphatic carboxylic acids is 1. The lowest BCUT2D eigenvalue weighted by Gasteiger charge is -2.26. The minimum atomic E-state index is -1.61. The molecule has 3 aromatic carbocycles. The summed E-state index contributed by atoms with van der Waals surface area (Å²) in [5.74, 6) is -1.85. The van der Waals surface area contributed by atoms with Crippen LogP contribution in [0.4, 0.5) is 0 Å². The molecule has 0 spiro atoms. The van der Waals surface area contributed by atoms with Crippen LogP contribution in [0, 0.1) is 6.92 Å². The van der Waals surface area contributed by atoms with Crippen LogP contribution in [-0.2, 0) is 26.9 Å². The number of carbonyl (C=O) groups excluding carboxylic acids is 2. The highest BCUT2D eigenvalue weighted by atomic mass is 35.5. The molecule has 266 valence electrons. The first-order valence-corrected chi connectivity index (χ1v) is 18.8. The molecule has 1 saturated heterocycles. The lowest BCUT2D eigenvalue weighted by Crippen LogP contribution is -2.30. The Kier molecular flexibility index (Phi) is 13.1. The molecule has 0 radical (unpaired) electrons. The van der Waals surface area contributed by atoms with Gasteiger partial charge in [0.15, 0.2) is 0 Å². The smallest absolute Gasteiger partial charge is 0.311 e. The van der Waals surface area contributed by atoms with Crippen LogP contribution in [-0.4, -0.2) is 81.4 Å². The third-order valence-electron chi connectivity index (χ3n) is 8.99. The molecule has 2 N–H and O–H groups in total. The number of carboxylic acids is 1. The molecule has 50 heavy (non-hydrogen) atoms. The first-order chi connectivity index (χ1) is 24.1. The third kappa shape index (κ3) is 9.53. The number of rotatable bonds is 16. The lowest BCUT2D eigenvalue weighted by molar-refractivity contribution is -0.138. The molecule has 2 atom stereocenters. The molecule has 4 aromatic rings. The van der Waals surface area contributed by atoms with Crippen LogP contribution in [0.3, 0.4) is 0 Å². The number of fused-ring (bicyclic) bond motifs is 1. The van der Waals surface area contributed by atoms with Gasteiger partial charge < -0.3 is 19.9 Å². The van der Waals surface area contributed by atoms with E-state index < -0.39 is 22.7 Å². The molecule has 1 fully saturated rings. The van der Waals surface area contributed by atoms with Crippen molar-refractivity contribution in [1.29, 1.82) is 0 Å². The van der Waals surface area contributed by atoms with E-state index >= 15 is 0 Å². The Labute approximate surface area is 300 Å². The largest absolute Gasteiger partial charge is 0.497 e. The number of nitrogens with one attached hydrogen (secondary N) is 1. The van der Waals surface area contributed by atoms with Crippen molar-refractivity contribution in [3.05, 3.63) is 94.1 Å². The van der Waals surface area contributed by atoms with E-state index in [0.717, 1.165) is 25.4 Å². The number of ether oxygens (including phenoxy) is 2. The van der Waals surface area contributed by atoms with E-state index in [1.165, 1.54) is 36.5 Å². The summed E-state index contributed by atoms with van der Waals surface area (Å²) in [4.78, 5) is 41.4. The molecule has 2 unspecified atom stereocenters. The Morgan fingerprint density at radius 1 is 1.00 bits per heavy atom. The van der Waals surface area contributed by atoms with Crippen molar-refractivity contribution in [2.45, 2.75) is 51.5 Å². The SMILES string of the molecule is COc1ccc2c(c1)c(C(CCS(=O)CC(=O)NCCCOc1cccc(CN3CCCCC3)c1)C(=O)O)c(C)n2C(=O)c1ccc(Cl)cc1. The van der Waals surface area contributed by atoms with Gasteiger partial charge in [0.2, 0.25) is 5.91 Å². The number of methoxy groups -OCH3 is 1. The van der Waals surface area contributed by atoms with Crippen LogP contribution in [0.15, 0.2) is 66.7 Å². The number of carbonyl (C=O) groups is 3. The third-order valence-corrected chi connectivity index (χ3v) is 10.5. The Balaban J connectivity index is 1.15. The Hall–Kier alpha value is -4.19. The van der Waals surface area contributed by atoms with Crippen molar-refractivity contribution in [2.24, 2.45) is 0 Å². The second kappa shape index (κ2) is 17.6. The van der Waals surface area contributed by atoms with Gasteiger partial charge in [0.05, 0.1) is 25.2 Å². The molecule has 1 aliphatic rings. The zero-order valence-electron chi connectivity index (χ0n) is 28.5. The Morgan fingerprint density at radius 2 is 1.76 bits per heavy atom. The normalized spacial score (nSPS) is 14.6. The number of amides is 1. The number of aromatic nitrogens is 1. The summed E-state index contributed by atoms with van der Waals surface area (Å²) in [6.07, 6.45) is 4.38. The van der Waals surface area contributed by atoms with Crippen LogP contribution >= 0.6 is 11.6 Å². The molecule has 1 amide bonds. The monoisotopic (exact) mass is 721 g/mol. The van der Waals surface area contributed by atoms with Crippen LogP contribution in [0.25, 0.3) is 10.9 Å². The van der Waals surface area contributed by atoms with Gasteiger partial charge in [-0.25, -0.2) is 0 Å². The second-order valence-electron chi connectivity index (χ2n) is 12.5. The van der Waals surface area contributed by atoms with Gasteiger partial charge in [-0.1, -0.05) is 30.2 Å². The number of benzene rings is 3. The van der Waals surface area contributed by atoms with Crippen molar-refractivity contribution in [2.75, 3.05) is 44.9 Å². The van der Waals surface area contributed by atoms with E-state index in [1.807, 2.05) is 12.1 Å². The molecule has 2 heterocycles. The molecule has 0 bridgehead atoms. The summed E-state index contributed by atoms with van der Waals surface area (Å²) in [7, 11) is -0.0968. The molecule has 12 heteroatoms. The fraction of sp³-hybridized carbons (Fsp3) is 0.395. The fourth-order valence-corrected chi connectivity index (χ4v) is 7.64. The Morgan fingerprint density at radius 3 is 2.48 bits per heavy atom. The molecular weight excluding hydrogens is 678 g/mol. The first-order valence-electron chi connectivity index (χ1n) is 16.9. The number of piperidine rings is 1. The molecule has 0 aliphatic carbocycles. The summed E-state index contributed by atoms with van der Waals surface area (Å²) >= 11 is 6.03. The van der Waals surface area contributed by atoms with Gasteiger partial charge in [0, 0.05) is 51.3 Å². The number of halogens is 1. The van der Waals surface area contributed by atoms with E-state index in [1.54, 1.807) is 49.4 Å². The average molecular weight is 722 g/mol. The van der Waals surface area contributed by atoms with Gasteiger partial charge >= 0.3 is 5.97 Å². The standard InChI is InChI=1S/C38H44ClN3O7S/c1-26-36(33-23-30(48-2)14-15-34(33)42(26)37(44)28-10-12-29(39)13-11-28)32(38(45)46)16-21-50(47)25-35(43)40-17-7-20-49-31-9-6-8-27(22-31)24-41-18-4-3-5-19-41/h6,8-15,22-23,32H,3-5,7,16-21,24-25H2,1-2H3,(H,40,43)(H,45,46). The topological polar surface area (TPSA) is 127 Å². The van der Waals surface area contributed by atoms with Crippen LogP contribution in [0.1, 0.15) is 65.2 Å². The van der Waals surface area contributed by atoms with E-state index in [0.29, 0.717) is 58.1 Å². The van der Waals surface area contributed by atoms with Gasteiger partial charge in [-0.15, -0.1) is 0 Å². The summed E-state index contributed by atoms with van der Waals surface area (Å²) < 4.78 is 25.8. The minimum Gasteiger partial charge on any atom is -0.497 e. The number of likely N-dealkylation sites (tertiary alicyclic amines) is 1. The summed E-state index contributed by atoms with van der Waals surface area (Å²) in [5, 5.41) is 14.2. The van der Waals surface area contributed by atoms with Crippen molar-refractivity contribution < 1.29 is 33.2 Å². The van der Waals surface area contributed by atoms with Gasteiger partial charge in [-0.3, -0.25) is 28.1 Å². The molecule has 0 saturated carbocycles. The van der Waals surface area contributed by atoms with Crippen molar-refractivity contribution >= 4 is 51.1 Å². The van der Waals surface area contributed by atoms with Gasteiger partial charge in [-0.05, 0) is 111 Å². The maximum atomic E-state index is 13.7. The highest BCUT2D eigenvalue weighted by Crippen LogP contribution is 2.36. The number of nitrogens with zero attached hydrogens (tertiary/aromatic N) is 2. The molecule has 1 aromatic heterocycles. The second-order valence-corrected chi connectivity index (χ2v) is 14.5. The zero-order valence-corrected chi connectivity index (χ0v) is 30.1. The quantitative estimate of drug-likeness (QED) is 0.132. The Bertz CT molecular complexity index is 1840. The predicted molar refractivity (Wildman–Crippen MR) is 196 cm³/mol. The van der Waals surface area contributed by atoms with E-state index in [9.17, 15) is 23.7 Å². The van der Waals surface area contributed by atoms with Gasteiger partial charge in [-0.2, -0.15) is 0 Å². The lowest BCUT2D eigenvalue weighted by atomic mass is 9.93. The molecule has 5 rings (SSSR count). The van der Waals surface area contributed by atoms with Crippen LogP contribution in [0.5, 0.6) is 11.5 Å². The maximum Gasteiger partial charge on any atom is 0.311 e. The van der Waals surface area contributed by atoms with Gasteiger partial charge in [0.25, 0.3) is 5.91 Å². The maximum absolute atomic E-state index is 13.7. The van der Waals surface area contributed by atoms with E-state index in [-0.39, 0.29) is 29.7 Å². The summed E-state index contributed by atoms with van der Waals surface area (Å²) in [6, 6.07) is 19.7. The zero-order chi connectivity index (χ0) is 35.6. The molecule has 1 aliphatic heterocycles. The number of hydrogen-bond donors (Lipinski definition) is 2. The molecular formula is C38H44ClN3O7S. The first kappa shape index (κ1) is 37.1. The highest BCUT2D eigenvalue weighted by molar-refractivity contribution is 7.85. The van der Waals surface area contributed by atoms with E-state index in [2.05, 4.69) is 22.3 Å². The van der Waals surface area contributed by atoms with Crippen LogP contribution in [0.2, 0.25) is 5.02 Å². The van der Waals surface area contributed by atoms with Crippen LogP contribution < -0.4 is 14.8 Å². The summed E-state index contributed by atoms with van der Waals surface area (Å²) in [5.41, 5.74) is 3.03. The van der Waals surface area contributed by atoms with Gasteiger partial charge in [0.1, 0.15) is 17.3 Å². The average Bonchev–Trinajstić information content (AvgIpc) is 3.39. The number of carboxylic acid groups (broad SMARTS) is 1. The highest BCUT2D eigenvalue weighted by Gasteiger charge is 2.30. The van der Waals surface area contributed by atoms with Crippen molar-refractivity contribution in [1.82, 2.24) is 14.8 Å². The van der Waals surface area contributed by atoms with Crippen molar-refractivity contribution in [3.63, 3.8) is 0 Å². The summed E-state index contributed by atoms with van der Waals surface area (Å²) in [6.45, 7) is 5.67. The van der Waals surface area contributed by atoms with E-state index in [4.69, 9.17) is 21.1 Å². The number of hydrogen-bond acceptors (Lipinski definition) is 7. The molecule has 10 nitrogen and oxygen atoms in total. The van der Waals surface area contributed by atoms with Crippen molar-refractivity contribution in [3.8, 4) is 11.5 Å². The predicted octanol–water partition coefficient (Wildman–Crippen LogP) is 6.18. The fourth-order valence-electron chi connectivity index (χ4n) is 6.48. The minimum absolute atomic E-state index is 0.00614.